The van der Waals surface area contributed by atoms with Crippen molar-refractivity contribution in [1.82, 2.24) is 4.90 Å². The Labute approximate surface area is 125 Å². The molecule has 0 saturated carbocycles. The van der Waals surface area contributed by atoms with Crippen molar-refractivity contribution in [3.05, 3.63) is 0 Å². The Balaban J connectivity index is 2.00. The van der Waals surface area contributed by atoms with Crippen LogP contribution in [-0.4, -0.2) is 48.7 Å². The molecular weight excluding hydrogens is 272 g/mol. The largest absolute Gasteiger partial charge is 0.444 e. The van der Waals surface area contributed by atoms with E-state index in [0.717, 1.165) is 0 Å². The molecule has 0 spiro atoms. The molecule has 0 N–H and O–H groups in total. The van der Waals surface area contributed by atoms with Crippen LogP contribution in [0.1, 0.15) is 33.6 Å². The number of nitrogens with zero attached hydrogens (tertiary/aromatic N) is 2. The molecule has 0 aromatic rings. The highest BCUT2D eigenvalue weighted by molar-refractivity contribution is 5.85. The lowest BCUT2D eigenvalue weighted by atomic mass is 9.69. The Morgan fingerprint density at radius 2 is 2.05 bits per heavy atom. The Bertz CT molecular complexity index is 467. The van der Waals surface area contributed by atoms with Crippen molar-refractivity contribution in [3.63, 3.8) is 0 Å². The van der Waals surface area contributed by atoms with Gasteiger partial charge in [0.05, 0.1) is 24.0 Å². The SMILES string of the molecule is CC(C)(C)OC(=O)N1CCC(C#N)([C@H]2COCC2=O)CC1. The number of hydrogen-bond acceptors (Lipinski definition) is 5. The van der Waals surface area contributed by atoms with Gasteiger partial charge in [0, 0.05) is 13.1 Å². The third-order valence-electron chi connectivity index (χ3n) is 4.11. The Hall–Kier alpha value is -1.61. The van der Waals surface area contributed by atoms with E-state index in [0.29, 0.717) is 32.5 Å². The van der Waals surface area contributed by atoms with E-state index in [1.807, 2.05) is 20.8 Å². The lowest BCUT2D eigenvalue weighted by Crippen LogP contribution is -2.48. The fourth-order valence-corrected chi connectivity index (χ4v) is 2.89. The van der Waals surface area contributed by atoms with E-state index in [9.17, 15) is 14.9 Å². The van der Waals surface area contributed by atoms with Crippen LogP contribution in [0.2, 0.25) is 0 Å². The molecule has 2 fully saturated rings. The Kier molecular flexibility index (Phi) is 4.24. The summed E-state index contributed by atoms with van der Waals surface area (Å²) in [5.74, 6) is -0.356. The number of amides is 1. The molecule has 0 aliphatic carbocycles. The first-order chi connectivity index (χ1) is 9.77. The van der Waals surface area contributed by atoms with Crippen LogP contribution in [0, 0.1) is 22.7 Å². The number of likely N-dealkylation sites (tertiary alicyclic amines) is 1. The maximum absolute atomic E-state index is 12.0. The van der Waals surface area contributed by atoms with Gasteiger partial charge in [0.1, 0.15) is 12.2 Å². The van der Waals surface area contributed by atoms with Gasteiger partial charge in [-0.1, -0.05) is 0 Å². The van der Waals surface area contributed by atoms with Gasteiger partial charge in [0.2, 0.25) is 0 Å². The standard InChI is InChI=1S/C15H22N2O4/c1-14(2,3)21-13(19)17-6-4-15(10-16,5-7-17)11-8-20-9-12(11)18/h11H,4-9H2,1-3H3/t11-/m0/s1. The average molecular weight is 294 g/mol. The van der Waals surface area contributed by atoms with Gasteiger partial charge in [0.15, 0.2) is 5.78 Å². The molecule has 0 aromatic carbocycles. The molecule has 116 valence electrons. The summed E-state index contributed by atoms with van der Waals surface area (Å²) in [6, 6.07) is 2.32. The van der Waals surface area contributed by atoms with Gasteiger partial charge in [0.25, 0.3) is 0 Å². The van der Waals surface area contributed by atoms with Gasteiger partial charge >= 0.3 is 6.09 Å². The molecule has 1 atom stereocenters. The third-order valence-corrected chi connectivity index (χ3v) is 4.11. The molecule has 0 aromatic heterocycles. The second-order valence-electron chi connectivity index (χ2n) is 6.77. The van der Waals surface area contributed by atoms with Crippen LogP contribution in [0.15, 0.2) is 0 Å². The minimum atomic E-state index is -0.702. The predicted octanol–water partition coefficient (Wildman–Crippen LogP) is 1.74. The maximum atomic E-state index is 12.0. The molecule has 6 heteroatoms. The lowest BCUT2D eigenvalue weighted by Gasteiger charge is -2.39. The van der Waals surface area contributed by atoms with E-state index in [-0.39, 0.29) is 24.4 Å². The van der Waals surface area contributed by atoms with Crippen molar-refractivity contribution in [1.29, 1.82) is 5.26 Å². The van der Waals surface area contributed by atoms with Crippen LogP contribution in [0.3, 0.4) is 0 Å². The highest BCUT2D eigenvalue weighted by Crippen LogP contribution is 2.41. The van der Waals surface area contributed by atoms with Gasteiger partial charge in [-0.25, -0.2) is 4.79 Å². The molecule has 0 bridgehead atoms. The minimum Gasteiger partial charge on any atom is -0.444 e. The minimum absolute atomic E-state index is 0.00210. The summed E-state index contributed by atoms with van der Waals surface area (Å²) in [7, 11) is 0. The Morgan fingerprint density at radius 3 is 2.48 bits per heavy atom. The fourth-order valence-electron chi connectivity index (χ4n) is 2.89. The van der Waals surface area contributed by atoms with Gasteiger partial charge in [-0.05, 0) is 33.6 Å². The summed E-state index contributed by atoms with van der Waals surface area (Å²) in [5.41, 5.74) is -1.23. The normalized spacial score (nSPS) is 25.5. The number of nitriles is 1. The maximum Gasteiger partial charge on any atom is 0.410 e. The molecule has 2 saturated heterocycles. The second kappa shape index (κ2) is 5.64. The third kappa shape index (κ3) is 3.35. The molecule has 6 nitrogen and oxygen atoms in total. The van der Waals surface area contributed by atoms with Gasteiger partial charge in [-0.2, -0.15) is 5.26 Å². The zero-order valence-electron chi connectivity index (χ0n) is 12.8. The zero-order chi connectivity index (χ0) is 15.7. The average Bonchev–Trinajstić information content (AvgIpc) is 2.84. The first kappa shape index (κ1) is 15.8. The number of rotatable bonds is 1. The van der Waals surface area contributed by atoms with E-state index in [1.165, 1.54) is 0 Å². The lowest BCUT2D eigenvalue weighted by molar-refractivity contribution is -0.123. The van der Waals surface area contributed by atoms with Crippen LogP contribution in [0.5, 0.6) is 0 Å². The fraction of sp³-hybridized carbons (Fsp3) is 0.800. The number of Topliss-reactive ketones (excluding diaryl/α,β-unsaturated/α-hetero) is 1. The van der Waals surface area contributed by atoms with Crippen LogP contribution in [-0.2, 0) is 14.3 Å². The highest BCUT2D eigenvalue weighted by Gasteiger charge is 2.48. The number of ketones is 1. The summed E-state index contributed by atoms with van der Waals surface area (Å²) in [6.07, 6.45) is 0.619. The molecule has 2 aliphatic heterocycles. The number of carbonyl (C=O) groups excluding carboxylic acids is 2. The van der Waals surface area contributed by atoms with E-state index in [2.05, 4.69) is 6.07 Å². The molecular formula is C15H22N2O4. The van der Waals surface area contributed by atoms with Crippen molar-refractivity contribution in [2.45, 2.75) is 39.2 Å². The predicted molar refractivity (Wildman–Crippen MR) is 74.4 cm³/mol. The topological polar surface area (TPSA) is 79.6 Å². The second-order valence-corrected chi connectivity index (χ2v) is 6.77. The van der Waals surface area contributed by atoms with E-state index < -0.39 is 11.0 Å². The van der Waals surface area contributed by atoms with Crippen molar-refractivity contribution >= 4 is 11.9 Å². The molecule has 0 unspecified atom stereocenters. The van der Waals surface area contributed by atoms with Crippen LogP contribution in [0.4, 0.5) is 4.79 Å². The van der Waals surface area contributed by atoms with E-state index >= 15 is 0 Å². The van der Waals surface area contributed by atoms with Crippen molar-refractivity contribution in [2.75, 3.05) is 26.3 Å². The van der Waals surface area contributed by atoms with Gasteiger partial charge < -0.3 is 14.4 Å². The van der Waals surface area contributed by atoms with Gasteiger partial charge in [-0.15, -0.1) is 0 Å². The number of ether oxygens (including phenoxy) is 2. The van der Waals surface area contributed by atoms with Crippen LogP contribution >= 0.6 is 0 Å². The van der Waals surface area contributed by atoms with Crippen molar-refractivity contribution in [2.24, 2.45) is 11.3 Å². The van der Waals surface area contributed by atoms with E-state index in [1.54, 1.807) is 4.90 Å². The highest BCUT2D eigenvalue weighted by atomic mass is 16.6. The quantitative estimate of drug-likeness (QED) is 0.736. The molecule has 2 rings (SSSR count). The molecule has 2 aliphatic rings. The molecule has 2 heterocycles. The summed E-state index contributed by atoms with van der Waals surface area (Å²) in [6.45, 7) is 6.76. The van der Waals surface area contributed by atoms with Crippen LogP contribution < -0.4 is 0 Å². The number of piperidine rings is 1. The van der Waals surface area contributed by atoms with Gasteiger partial charge in [-0.3, -0.25) is 4.79 Å². The number of hydrogen-bond donors (Lipinski definition) is 0. The molecule has 21 heavy (non-hydrogen) atoms. The van der Waals surface area contributed by atoms with E-state index in [4.69, 9.17) is 9.47 Å². The van der Waals surface area contributed by atoms with Crippen molar-refractivity contribution in [3.8, 4) is 6.07 Å². The first-order valence-electron chi connectivity index (χ1n) is 7.27. The zero-order valence-corrected chi connectivity index (χ0v) is 12.8. The summed E-state index contributed by atoms with van der Waals surface area (Å²) >= 11 is 0. The van der Waals surface area contributed by atoms with Crippen molar-refractivity contribution < 1.29 is 19.1 Å². The summed E-state index contributed by atoms with van der Waals surface area (Å²) in [5, 5.41) is 9.54. The Morgan fingerprint density at radius 1 is 1.43 bits per heavy atom. The molecule has 1 amide bonds. The first-order valence-corrected chi connectivity index (χ1v) is 7.27. The molecule has 0 radical (unpaired) electrons. The van der Waals surface area contributed by atoms with Crippen LogP contribution in [0.25, 0.3) is 0 Å². The monoisotopic (exact) mass is 294 g/mol. The summed E-state index contributed by atoms with van der Waals surface area (Å²) < 4.78 is 10.5. The number of carbonyl (C=O) groups is 2. The smallest absolute Gasteiger partial charge is 0.410 e. The summed E-state index contributed by atoms with van der Waals surface area (Å²) in [4.78, 5) is 25.5.